The predicted molar refractivity (Wildman–Crippen MR) is 81.0 cm³/mol. The molecule has 0 fully saturated rings. The molecule has 2 amide bonds. The van der Waals surface area contributed by atoms with Gasteiger partial charge in [-0.1, -0.05) is 11.6 Å². The lowest BCUT2D eigenvalue weighted by atomic mass is 10.3. The minimum absolute atomic E-state index is 0.166. The molecule has 6 nitrogen and oxygen atoms in total. The molecule has 110 valence electrons. The van der Waals surface area contributed by atoms with Crippen LogP contribution in [0.1, 0.15) is 6.92 Å². The molecule has 0 bridgehead atoms. The molecule has 0 saturated heterocycles. The molecule has 1 aromatic rings. The van der Waals surface area contributed by atoms with Gasteiger partial charge in [-0.2, -0.15) is 0 Å². The molecule has 0 unspecified atom stereocenters. The van der Waals surface area contributed by atoms with Gasteiger partial charge in [0, 0.05) is 5.02 Å². The highest BCUT2D eigenvalue weighted by Crippen LogP contribution is 2.36. The lowest BCUT2D eigenvalue weighted by Gasteiger charge is -2.14. The maximum atomic E-state index is 11.7. The van der Waals surface area contributed by atoms with Crippen molar-refractivity contribution in [2.75, 3.05) is 25.0 Å². The van der Waals surface area contributed by atoms with Gasteiger partial charge in [0.2, 0.25) is 11.8 Å². The number of amides is 2. The minimum Gasteiger partial charge on any atom is -0.491 e. The average Bonchev–Trinajstić information content (AvgIpc) is 2.39. The molecule has 0 radical (unpaired) electrons. The van der Waals surface area contributed by atoms with Crippen molar-refractivity contribution in [2.24, 2.45) is 5.73 Å². The number of rotatable bonds is 6. The van der Waals surface area contributed by atoms with Crippen LogP contribution in [-0.2, 0) is 9.59 Å². The van der Waals surface area contributed by atoms with Crippen molar-refractivity contribution in [1.29, 1.82) is 0 Å². The van der Waals surface area contributed by atoms with E-state index in [0.717, 1.165) is 0 Å². The Hall–Kier alpha value is -1.31. The third kappa shape index (κ3) is 4.99. The zero-order valence-corrected chi connectivity index (χ0v) is 13.2. The molecule has 0 atom stereocenters. The monoisotopic (exact) mass is 363 g/mol. The zero-order valence-electron chi connectivity index (χ0n) is 10.8. The average molecular weight is 365 g/mol. The molecule has 0 aromatic heterocycles. The van der Waals surface area contributed by atoms with Gasteiger partial charge in [0.25, 0.3) is 0 Å². The van der Waals surface area contributed by atoms with Crippen molar-refractivity contribution in [3.8, 4) is 5.75 Å². The Morgan fingerprint density at radius 2 is 2.10 bits per heavy atom. The number of carbonyl (C=O) groups is 2. The fourth-order valence-corrected chi connectivity index (χ4v) is 2.31. The first kappa shape index (κ1) is 16.7. The van der Waals surface area contributed by atoms with E-state index >= 15 is 0 Å². The third-order valence-corrected chi connectivity index (χ3v) is 3.01. The molecule has 4 N–H and O–H groups in total. The fraction of sp³-hybridized carbons (Fsp3) is 0.333. The highest BCUT2D eigenvalue weighted by atomic mass is 79.9. The van der Waals surface area contributed by atoms with Crippen LogP contribution in [0.4, 0.5) is 5.69 Å². The summed E-state index contributed by atoms with van der Waals surface area (Å²) in [5.41, 5.74) is 5.56. The molecular weight excluding hydrogens is 350 g/mol. The number of benzene rings is 1. The van der Waals surface area contributed by atoms with Crippen LogP contribution in [0.25, 0.3) is 0 Å². The van der Waals surface area contributed by atoms with Crippen molar-refractivity contribution in [3.05, 3.63) is 21.6 Å². The van der Waals surface area contributed by atoms with Gasteiger partial charge >= 0.3 is 0 Å². The molecule has 20 heavy (non-hydrogen) atoms. The van der Waals surface area contributed by atoms with Crippen LogP contribution in [0.15, 0.2) is 16.6 Å². The standard InChI is InChI=1S/C12H15BrClN3O3/c1-2-20-12-8(13)3-7(14)4-9(12)17-11(19)6-16-10(18)5-15/h3-4H,2,5-6,15H2,1H3,(H,16,18)(H,17,19). The summed E-state index contributed by atoms with van der Waals surface area (Å²) < 4.78 is 6.08. The van der Waals surface area contributed by atoms with Crippen LogP contribution in [0.3, 0.4) is 0 Å². The maximum Gasteiger partial charge on any atom is 0.243 e. The lowest BCUT2D eigenvalue weighted by Crippen LogP contribution is -2.36. The van der Waals surface area contributed by atoms with Gasteiger partial charge in [0.05, 0.1) is 29.9 Å². The number of nitrogens with two attached hydrogens (primary N) is 1. The van der Waals surface area contributed by atoms with E-state index in [0.29, 0.717) is 27.5 Å². The molecule has 1 rings (SSSR count). The number of anilines is 1. The highest BCUT2D eigenvalue weighted by Gasteiger charge is 2.13. The molecule has 0 aliphatic rings. The Balaban J connectivity index is 2.80. The predicted octanol–water partition coefficient (Wildman–Crippen LogP) is 1.51. The van der Waals surface area contributed by atoms with E-state index in [1.54, 1.807) is 12.1 Å². The van der Waals surface area contributed by atoms with Gasteiger partial charge in [-0.25, -0.2) is 0 Å². The number of nitrogens with one attached hydrogen (secondary N) is 2. The maximum absolute atomic E-state index is 11.7. The van der Waals surface area contributed by atoms with Crippen LogP contribution >= 0.6 is 27.5 Å². The van der Waals surface area contributed by atoms with Gasteiger partial charge in [-0.15, -0.1) is 0 Å². The van der Waals surface area contributed by atoms with E-state index in [4.69, 9.17) is 22.1 Å². The van der Waals surface area contributed by atoms with Crippen molar-refractivity contribution in [3.63, 3.8) is 0 Å². The van der Waals surface area contributed by atoms with Crippen LogP contribution in [0.5, 0.6) is 5.75 Å². The summed E-state index contributed by atoms with van der Waals surface area (Å²) in [5, 5.41) is 5.44. The topological polar surface area (TPSA) is 93.5 Å². The SMILES string of the molecule is CCOc1c(Br)cc(Cl)cc1NC(=O)CNC(=O)CN. The van der Waals surface area contributed by atoms with Crippen molar-refractivity contribution < 1.29 is 14.3 Å². The highest BCUT2D eigenvalue weighted by molar-refractivity contribution is 9.10. The molecular formula is C12H15BrClN3O3. The summed E-state index contributed by atoms with van der Waals surface area (Å²) in [6, 6.07) is 3.23. The first-order valence-corrected chi connectivity index (χ1v) is 7.03. The van der Waals surface area contributed by atoms with E-state index in [9.17, 15) is 9.59 Å². The van der Waals surface area contributed by atoms with Gasteiger partial charge in [-0.05, 0) is 35.0 Å². The number of ether oxygens (including phenoxy) is 1. The Kier molecular flexibility index (Phi) is 6.77. The lowest BCUT2D eigenvalue weighted by molar-refractivity contribution is -0.123. The minimum atomic E-state index is -0.405. The molecule has 8 heteroatoms. The second-order valence-corrected chi connectivity index (χ2v) is 5.02. The molecule has 0 spiro atoms. The summed E-state index contributed by atoms with van der Waals surface area (Å²) in [4.78, 5) is 22.7. The summed E-state index contributed by atoms with van der Waals surface area (Å²) in [5.74, 6) is -0.324. The Bertz CT molecular complexity index is 511. The molecule has 0 aliphatic carbocycles. The van der Waals surface area contributed by atoms with Crippen LogP contribution < -0.4 is 21.1 Å². The van der Waals surface area contributed by atoms with Gasteiger partial charge in [0.1, 0.15) is 0 Å². The zero-order chi connectivity index (χ0) is 15.1. The third-order valence-electron chi connectivity index (χ3n) is 2.20. The van der Waals surface area contributed by atoms with E-state index in [1.807, 2.05) is 6.92 Å². The first-order chi connectivity index (χ1) is 9.47. The van der Waals surface area contributed by atoms with E-state index in [1.165, 1.54) is 0 Å². The van der Waals surface area contributed by atoms with Crippen molar-refractivity contribution in [2.45, 2.75) is 6.92 Å². The number of halogens is 2. The van der Waals surface area contributed by atoms with Gasteiger partial charge in [-0.3, -0.25) is 9.59 Å². The van der Waals surface area contributed by atoms with Crippen molar-refractivity contribution >= 4 is 45.0 Å². The number of hydrogen-bond donors (Lipinski definition) is 3. The van der Waals surface area contributed by atoms with Gasteiger partial charge < -0.3 is 21.1 Å². The van der Waals surface area contributed by atoms with Crippen LogP contribution in [0.2, 0.25) is 5.02 Å². The molecule has 1 aromatic carbocycles. The summed E-state index contributed by atoms with van der Waals surface area (Å²) in [6.07, 6.45) is 0. The Labute approximate surface area is 130 Å². The summed E-state index contributed by atoms with van der Waals surface area (Å²) >= 11 is 9.25. The smallest absolute Gasteiger partial charge is 0.243 e. The van der Waals surface area contributed by atoms with Crippen molar-refractivity contribution in [1.82, 2.24) is 5.32 Å². The van der Waals surface area contributed by atoms with E-state index in [2.05, 4.69) is 26.6 Å². The number of carbonyl (C=O) groups excluding carboxylic acids is 2. The molecule has 0 aliphatic heterocycles. The first-order valence-electron chi connectivity index (χ1n) is 5.86. The normalized spacial score (nSPS) is 10.0. The summed E-state index contributed by atoms with van der Waals surface area (Å²) in [7, 11) is 0. The fourth-order valence-electron chi connectivity index (χ4n) is 1.39. The Morgan fingerprint density at radius 1 is 1.40 bits per heavy atom. The second-order valence-electron chi connectivity index (χ2n) is 3.73. The quantitative estimate of drug-likeness (QED) is 0.713. The second kappa shape index (κ2) is 8.08. The van der Waals surface area contributed by atoms with E-state index in [-0.39, 0.29) is 13.1 Å². The van der Waals surface area contributed by atoms with E-state index < -0.39 is 11.8 Å². The number of hydrogen-bond acceptors (Lipinski definition) is 4. The van der Waals surface area contributed by atoms with Gasteiger partial charge in [0.15, 0.2) is 5.75 Å². The van der Waals surface area contributed by atoms with Crippen LogP contribution in [-0.4, -0.2) is 31.5 Å². The molecule has 0 saturated carbocycles. The molecule has 0 heterocycles. The Morgan fingerprint density at radius 3 is 2.70 bits per heavy atom. The largest absolute Gasteiger partial charge is 0.491 e. The van der Waals surface area contributed by atoms with Crippen LogP contribution in [0, 0.1) is 0 Å². The summed E-state index contributed by atoms with van der Waals surface area (Å²) in [6.45, 7) is 1.92.